The zero-order valence-electron chi connectivity index (χ0n) is 15.1. The second-order valence-corrected chi connectivity index (χ2v) is 6.97. The van der Waals surface area contributed by atoms with E-state index in [1.54, 1.807) is 14.0 Å². The quantitative estimate of drug-likeness (QED) is 0.751. The summed E-state index contributed by atoms with van der Waals surface area (Å²) in [6.45, 7) is 8.89. The number of carbonyl (C=O) groups is 2. The molecule has 0 fully saturated rings. The van der Waals surface area contributed by atoms with Crippen LogP contribution in [0.1, 0.15) is 33.3 Å². The molecule has 0 aliphatic heterocycles. The Morgan fingerprint density at radius 2 is 1.83 bits per heavy atom. The van der Waals surface area contributed by atoms with Gasteiger partial charge in [-0.1, -0.05) is 39.8 Å². The van der Waals surface area contributed by atoms with Gasteiger partial charge in [-0.2, -0.15) is 0 Å². The molecule has 24 heavy (non-hydrogen) atoms. The number of carbonyl (C=O) groups excluding carboxylic acids is 1. The number of ether oxygens (including phenoxy) is 1. The standard InChI is InChI=1S/C18H28N2O4/c1-13(16(21)22)12-20(5)17(23)19-10-11-24-15-8-6-14(7-9-15)18(2,3)4/h6-9,13H,10-12H2,1-5H3,(H,19,23)(H,21,22). The van der Waals surface area contributed by atoms with E-state index in [1.807, 2.05) is 24.3 Å². The van der Waals surface area contributed by atoms with Crippen molar-refractivity contribution in [1.29, 1.82) is 0 Å². The van der Waals surface area contributed by atoms with E-state index in [9.17, 15) is 9.59 Å². The molecule has 1 atom stereocenters. The van der Waals surface area contributed by atoms with Gasteiger partial charge in [0.25, 0.3) is 0 Å². The Balaban J connectivity index is 2.33. The minimum atomic E-state index is -0.920. The molecule has 0 saturated carbocycles. The molecule has 0 aromatic heterocycles. The summed E-state index contributed by atoms with van der Waals surface area (Å²) in [4.78, 5) is 24.0. The van der Waals surface area contributed by atoms with Crippen LogP contribution in [0.5, 0.6) is 5.75 Å². The number of carboxylic acids is 1. The second-order valence-electron chi connectivity index (χ2n) is 6.97. The van der Waals surface area contributed by atoms with Crippen molar-refractivity contribution >= 4 is 12.0 Å². The zero-order valence-corrected chi connectivity index (χ0v) is 15.1. The van der Waals surface area contributed by atoms with Gasteiger partial charge in [-0.05, 0) is 23.1 Å². The highest BCUT2D eigenvalue weighted by atomic mass is 16.5. The van der Waals surface area contributed by atoms with E-state index in [0.29, 0.717) is 13.2 Å². The normalized spacial score (nSPS) is 12.4. The first-order chi connectivity index (χ1) is 11.1. The van der Waals surface area contributed by atoms with E-state index >= 15 is 0 Å². The number of carboxylic acid groups (broad SMARTS) is 1. The van der Waals surface area contributed by atoms with Gasteiger partial charge in [0.05, 0.1) is 12.5 Å². The first kappa shape index (κ1) is 19.8. The number of nitrogens with zero attached hydrogens (tertiary/aromatic N) is 1. The van der Waals surface area contributed by atoms with Gasteiger partial charge in [0.1, 0.15) is 12.4 Å². The highest BCUT2D eigenvalue weighted by Gasteiger charge is 2.17. The summed E-state index contributed by atoms with van der Waals surface area (Å²) in [6.07, 6.45) is 0. The summed E-state index contributed by atoms with van der Waals surface area (Å²) >= 11 is 0. The molecule has 1 aromatic rings. The number of aliphatic carboxylic acids is 1. The predicted molar refractivity (Wildman–Crippen MR) is 93.5 cm³/mol. The van der Waals surface area contributed by atoms with Gasteiger partial charge in [0.15, 0.2) is 0 Å². The van der Waals surface area contributed by atoms with E-state index in [4.69, 9.17) is 9.84 Å². The summed E-state index contributed by atoms with van der Waals surface area (Å²) in [6, 6.07) is 7.60. The van der Waals surface area contributed by atoms with E-state index in [1.165, 1.54) is 10.5 Å². The van der Waals surface area contributed by atoms with Crippen molar-refractivity contribution in [2.45, 2.75) is 33.1 Å². The van der Waals surface area contributed by atoms with Crippen LogP contribution in [0.25, 0.3) is 0 Å². The van der Waals surface area contributed by atoms with Gasteiger partial charge in [0, 0.05) is 13.6 Å². The molecule has 1 rings (SSSR count). The Morgan fingerprint density at radius 1 is 1.25 bits per heavy atom. The minimum Gasteiger partial charge on any atom is -0.492 e. The van der Waals surface area contributed by atoms with Crippen LogP contribution in [0, 0.1) is 5.92 Å². The lowest BCUT2D eigenvalue weighted by Gasteiger charge is -2.20. The summed E-state index contributed by atoms with van der Waals surface area (Å²) in [5.74, 6) is -0.764. The maximum absolute atomic E-state index is 11.8. The van der Waals surface area contributed by atoms with Crippen LogP contribution in [0.3, 0.4) is 0 Å². The summed E-state index contributed by atoms with van der Waals surface area (Å²) < 4.78 is 5.60. The van der Waals surface area contributed by atoms with Gasteiger partial charge < -0.3 is 20.1 Å². The maximum Gasteiger partial charge on any atom is 0.317 e. The predicted octanol–water partition coefficient (Wildman–Crippen LogP) is 2.73. The van der Waals surface area contributed by atoms with Crippen molar-refractivity contribution in [3.05, 3.63) is 29.8 Å². The van der Waals surface area contributed by atoms with Crippen LogP contribution in [0.15, 0.2) is 24.3 Å². The number of nitrogens with one attached hydrogen (secondary N) is 1. The maximum atomic E-state index is 11.8. The molecule has 0 heterocycles. The molecule has 6 heteroatoms. The minimum absolute atomic E-state index is 0.101. The van der Waals surface area contributed by atoms with Gasteiger partial charge in [-0.25, -0.2) is 4.79 Å². The Labute approximate surface area is 143 Å². The Bertz CT molecular complexity index is 549. The summed E-state index contributed by atoms with van der Waals surface area (Å²) in [5.41, 5.74) is 1.34. The third kappa shape index (κ3) is 6.48. The molecule has 0 saturated heterocycles. The van der Waals surface area contributed by atoms with Crippen molar-refractivity contribution in [1.82, 2.24) is 10.2 Å². The monoisotopic (exact) mass is 336 g/mol. The van der Waals surface area contributed by atoms with Gasteiger partial charge >= 0.3 is 12.0 Å². The fourth-order valence-electron chi connectivity index (χ4n) is 2.08. The molecule has 0 bridgehead atoms. The zero-order chi connectivity index (χ0) is 18.3. The molecule has 6 nitrogen and oxygen atoms in total. The first-order valence-corrected chi connectivity index (χ1v) is 8.06. The molecular formula is C18H28N2O4. The second kappa shape index (κ2) is 8.57. The van der Waals surface area contributed by atoms with E-state index in [-0.39, 0.29) is 18.0 Å². The molecule has 2 amide bonds. The topological polar surface area (TPSA) is 78.9 Å². The molecule has 2 N–H and O–H groups in total. The third-order valence-electron chi connectivity index (χ3n) is 3.68. The van der Waals surface area contributed by atoms with Crippen molar-refractivity contribution < 1.29 is 19.4 Å². The van der Waals surface area contributed by atoms with Crippen LogP contribution in [0.4, 0.5) is 4.79 Å². The van der Waals surface area contributed by atoms with Gasteiger partial charge in [-0.3, -0.25) is 4.79 Å². The van der Waals surface area contributed by atoms with Crippen molar-refractivity contribution in [2.24, 2.45) is 5.92 Å². The van der Waals surface area contributed by atoms with Crippen molar-refractivity contribution in [3.63, 3.8) is 0 Å². The van der Waals surface area contributed by atoms with Crippen LogP contribution < -0.4 is 10.1 Å². The van der Waals surface area contributed by atoms with E-state index in [2.05, 4.69) is 26.1 Å². The first-order valence-electron chi connectivity index (χ1n) is 8.06. The fraction of sp³-hybridized carbons (Fsp3) is 0.556. The van der Waals surface area contributed by atoms with E-state index in [0.717, 1.165) is 5.75 Å². The SMILES string of the molecule is CC(CN(C)C(=O)NCCOc1ccc(C(C)(C)C)cc1)C(=O)O. The Morgan fingerprint density at radius 3 is 2.33 bits per heavy atom. The number of benzene rings is 1. The van der Waals surface area contributed by atoms with Crippen LogP contribution >= 0.6 is 0 Å². The average Bonchev–Trinajstić information content (AvgIpc) is 2.50. The molecule has 1 aromatic carbocycles. The number of hydrogen-bond donors (Lipinski definition) is 2. The lowest BCUT2D eigenvalue weighted by molar-refractivity contribution is -0.141. The number of amides is 2. The summed E-state index contributed by atoms with van der Waals surface area (Å²) in [5, 5.41) is 11.5. The largest absolute Gasteiger partial charge is 0.492 e. The number of urea groups is 1. The van der Waals surface area contributed by atoms with E-state index < -0.39 is 11.9 Å². The van der Waals surface area contributed by atoms with Crippen molar-refractivity contribution in [3.8, 4) is 5.75 Å². The number of hydrogen-bond acceptors (Lipinski definition) is 3. The molecule has 0 radical (unpaired) electrons. The summed E-state index contributed by atoms with van der Waals surface area (Å²) in [7, 11) is 1.57. The van der Waals surface area contributed by atoms with Crippen molar-refractivity contribution in [2.75, 3.05) is 26.7 Å². The fourth-order valence-corrected chi connectivity index (χ4v) is 2.08. The lowest BCUT2D eigenvalue weighted by atomic mass is 9.87. The number of rotatable bonds is 7. The highest BCUT2D eigenvalue weighted by Crippen LogP contribution is 2.24. The average molecular weight is 336 g/mol. The molecule has 0 aliphatic carbocycles. The molecule has 0 aliphatic rings. The molecule has 0 spiro atoms. The van der Waals surface area contributed by atoms with Gasteiger partial charge in [-0.15, -0.1) is 0 Å². The van der Waals surface area contributed by atoms with Crippen LogP contribution in [-0.4, -0.2) is 48.8 Å². The lowest BCUT2D eigenvalue weighted by Crippen LogP contribution is -2.42. The van der Waals surface area contributed by atoms with Crippen LogP contribution in [-0.2, 0) is 10.2 Å². The Hall–Kier alpha value is -2.24. The third-order valence-corrected chi connectivity index (χ3v) is 3.68. The van der Waals surface area contributed by atoms with Gasteiger partial charge in [0.2, 0.25) is 0 Å². The Kier molecular flexibility index (Phi) is 7.07. The van der Waals surface area contributed by atoms with Crippen LogP contribution in [0.2, 0.25) is 0 Å². The smallest absolute Gasteiger partial charge is 0.317 e. The molecule has 1 unspecified atom stereocenters. The highest BCUT2D eigenvalue weighted by molar-refractivity contribution is 5.75. The molecular weight excluding hydrogens is 308 g/mol. The molecule has 134 valence electrons.